The summed E-state index contributed by atoms with van der Waals surface area (Å²) in [5, 5.41) is 7.10. The summed E-state index contributed by atoms with van der Waals surface area (Å²) >= 11 is 3.83. The number of hydrogen-bond donors (Lipinski definition) is 1. The molecule has 2 nitrogen and oxygen atoms in total. The lowest BCUT2D eigenvalue weighted by Gasteiger charge is -2.25. The quantitative estimate of drug-likeness (QED) is 0.908. The molecule has 0 aliphatic carbocycles. The largest absolute Gasteiger partial charge is 0.305 e. The fourth-order valence-electron chi connectivity index (χ4n) is 2.52. The van der Waals surface area contributed by atoms with E-state index in [1.165, 1.54) is 34.9 Å². The molecule has 0 bridgehead atoms. The minimum atomic E-state index is 0.352. The van der Waals surface area contributed by atoms with Crippen LogP contribution in [-0.4, -0.2) is 22.5 Å². The Morgan fingerprint density at radius 3 is 2.70 bits per heavy atom. The molecule has 1 aromatic heterocycles. The normalized spacial score (nSPS) is 18.1. The van der Waals surface area contributed by atoms with Crippen LogP contribution in [0.15, 0.2) is 35.7 Å². The van der Waals surface area contributed by atoms with Crippen molar-refractivity contribution >= 4 is 23.1 Å². The lowest BCUT2D eigenvalue weighted by Crippen LogP contribution is -2.34. The third-order valence-electron chi connectivity index (χ3n) is 3.67. The SMILES string of the molecule is CC(NC1CCSCC1)c1nc(-c2ccccc2)cs1. The molecule has 1 aromatic carbocycles. The van der Waals surface area contributed by atoms with Crippen molar-refractivity contribution in [2.24, 2.45) is 0 Å². The number of rotatable bonds is 4. The maximum absolute atomic E-state index is 4.80. The van der Waals surface area contributed by atoms with Crippen LogP contribution in [0.25, 0.3) is 11.3 Å². The van der Waals surface area contributed by atoms with Gasteiger partial charge >= 0.3 is 0 Å². The Balaban J connectivity index is 1.66. The Kier molecular flexibility index (Phi) is 4.76. The summed E-state index contributed by atoms with van der Waals surface area (Å²) in [6.45, 7) is 2.23. The molecule has 2 aromatic rings. The van der Waals surface area contributed by atoms with Crippen molar-refractivity contribution in [3.8, 4) is 11.3 Å². The van der Waals surface area contributed by atoms with Crippen LogP contribution in [0.1, 0.15) is 30.8 Å². The zero-order valence-electron chi connectivity index (χ0n) is 11.7. The van der Waals surface area contributed by atoms with Crippen molar-refractivity contribution in [3.63, 3.8) is 0 Å². The van der Waals surface area contributed by atoms with Crippen LogP contribution < -0.4 is 5.32 Å². The highest BCUT2D eigenvalue weighted by atomic mass is 32.2. The smallest absolute Gasteiger partial charge is 0.110 e. The van der Waals surface area contributed by atoms with E-state index in [-0.39, 0.29) is 0 Å². The number of hydrogen-bond acceptors (Lipinski definition) is 4. The summed E-state index contributed by atoms with van der Waals surface area (Å²) in [4.78, 5) is 4.80. The second kappa shape index (κ2) is 6.74. The zero-order chi connectivity index (χ0) is 13.8. The van der Waals surface area contributed by atoms with Gasteiger partial charge < -0.3 is 5.32 Å². The van der Waals surface area contributed by atoms with Crippen LogP contribution in [0, 0.1) is 0 Å². The molecule has 2 heterocycles. The van der Waals surface area contributed by atoms with E-state index in [1.54, 1.807) is 11.3 Å². The molecule has 1 aliphatic rings. The topological polar surface area (TPSA) is 24.9 Å². The first-order valence-electron chi connectivity index (χ1n) is 7.17. The molecule has 3 rings (SSSR count). The van der Waals surface area contributed by atoms with Gasteiger partial charge in [-0.1, -0.05) is 30.3 Å². The van der Waals surface area contributed by atoms with Crippen LogP contribution in [0.2, 0.25) is 0 Å². The van der Waals surface area contributed by atoms with E-state index in [1.807, 2.05) is 6.07 Å². The van der Waals surface area contributed by atoms with Crippen molar-refractivity contribution in [3.05, 3.63) is 40.7 Å². The molecule has 1 N–H and O–H groups in total. The average Bonchev–Trinajstić information content (AvgIpc) is 2.99. The number of thiazole rings is 1. The molecule has 1 fully saturated rings. The monoisotopic (exact) mass is 304 g/mol. The lowest BCUT2D eigenvalue weighted by atomic mass is 10.1. The third-order valence-corrected chi connectivity index (χ3v) is 5.75. The van der Waals surface area contributed by atoms with E-state index in [2.05, 4.69) is 53.6 Å². The fraction of sp³-hybridized carbons (Fsp3) is 0.438. The summed E-state index contributed by atoms with van der Waals surface area (Å²) in [5.41, 5.74) is 2.30. The van der Waals surface area contributed by atoms with Crippen LogP contribution in [0.4, 0.5) is 0 Å². The number of nitrogens with zero attached hydrogens (tertiary/aromatic N) is 1. The predicted molar refractivity (Wildman–Crippen MR) is 89.4 cm³/mol. The number of aromatic nitrogens is 1. The molecule has 0 spiro atoms. The first kappa shape index (κ1) is 14.1. The first-order chi connectivity index (χ1) is 9.83. The first-order valence-corrected chi connectivity index (χ1v) is 9.21. The van der Waals surface area contributed by atoms with Crippen LogP contribution >= 0.6 is 23.1 Å². The fourth-order valence-corrected chi connectivity index (χ4v) is 4.47. The van der Waals surface area contributed by atoms with Crippen LogP contribution in [0.5, 0.6) is 0 Å². The minimum Gasteiger partial charge on any atom is -0.305 e. The van der Waals surface area contributed by atoms with Gasteiger partial charge in [-0.2, -0.15) is 11.8 Å². The highest BCUT2D eigenvalue weighted by Crippen LogP contribution is 2.26. The summed E-state index contributed by atoms with van der Waals surface area (Å²) in [6.07, 6.45) is 2.57. The van der Waals surface area contributed by atoms with Gasteiger partial charge in [0.15, 0.2) is 0 Å². The Morgan fingerprint density at radius 2 is 1.95 bits per heavy atom. The maximum atomic E-state index is 4.80. The summed E-state index contributed by atoms with van der Waals surface area (Å²) in [5.74, 6) is 2.58. The van der Waals surface area contributed by atoms with Crippen molar-refractivity contribution in [1.82, 2.24) is 10.3 Å². The van der Waals surface area contributed by atoms with Gasteiger partial charge in [0.2, 0.25) is 0 Å². The molecule has 0 radical (unpaired) electrons. The standard InChI is InChI=1S/C16H20N2S2/c1-12(17-14-7-9-19-10-8-14)16-18-15(11-20-16)13-5-3-2-4-6-13/h2-6,11-12,14,17H,7-10H2,1H3. The van der Waals surface area contributed by atoms with Crippen LogP contribution in [0.3, 0.4) is 0 Å². The molecule has 4 heteroatoms. The lowest BCUT2D eigenvalue weighted by molar-refractivity contribution is 0.430. The van der Waals surface area contributed by atoms with E-state index < -0.39 is 0 Å². The van der Waals surface area contributed by atoms with E-state index in [0.29, 0.717) is 12.1 Å². The van der Waals surface area contributed by atoms with Gasteiger partial charge in [-0.25, -0.2) is 4.98 Å². The van der Waals surface area contributed by atoms with Gasteiger partial charge in [-0.05, 0) is 31.3 Å². The van der Waals surface area contributed by atoms with Gasteiger partial charge in [0.1, 0.15) is 5.01 Å². The molecule has 0 saturated carbocycles. The van der Waals surface area contributed by atoms with Crippen molar-refractivity contribution in [2.45, 2.75) is 31.8 Å². The minimum absolute atomic E-state index is 0.352. The Labute approximate surface area is 129 Å². The molecule has 0 amide bonds. The number of benzene rings is 1. The molecule has 1 aliphatic heterocycles. The third kappa shape index (κ3) is 3.43. The van der Waals surface area contributed by atoms with Gasteiger partial charge in [-0.15, -0.1) is 11.3 Å². The van der Waals surface area contributed by atoms with Crippen molar-refractivity contribution in [2.75, 3.05) is 11.5 Å². The van der Waals surface area contributed by atoms with Crippen molar-refractivity contribution in [1.29, 1.82) is 0 Å². The molecule has 1 atom stereocenters. The number of nitrogens with one attached hydrogen (secondary N) is 1. The van der Waals surface area contributed by atoms with E-state index in [4.69, 9.17) is 4.98 Å². The highest BCUT2D eigenvalue weighted by molar-refractivity contribution is 7.99. The van der Waals surface area contributed by atoms with Gasteiger partial charge in [-0.3, -0.25) is 0 Å². The van der Waals surface area contributed by atoms with E-state index in [9.17, 15) is 0 Å². The molecule has 1 saturated heterocycles. The zero-order valence-corrected chi connectivity index (χ0v) is 13.3. The Bertz CT molecular complexity index is 532. The van der Waals surface area contributed by atoms with Gasteiger partial charge in [0, 0.05) is 17.0 Å². The summed E-state index contributed by atoms with van der Waals surface area (Å²) in [7, 11) is 0. The second-order valence-corrected chi connectivity index (χ2v) is 7.33. The van der Waals surface area contributed by atoms with Gasteiger partial charge in [0.25, 0.3) is 0 Å². The second-order valence-electron chi connectivity index (χ2n) is 5.21. The predicted octanol–water partition coefficient (Wildman–Crippen LogP) is 4.36. The number of thioether (sulfide) groups is 1. The van der Waals surface area contributed by atoms with Gasteiger partial charge in [0.05, 0.1) is 11.7 Å². The van der Waals surface area contributed by atoms with E-state index >= 15 is 0 Å². The van der Waals surface area contributed by atoms with E-state index in [0.717, 1.165) is 5.69 Å². The molecule has 20 heavy (non-hydrogen) atoms. The average molecular weight is 304 g/mol. The Morgan fingerprint density at radius 1 is 1.20 bits per heavy atom. The summed E-state index contributed by atoms with van der Waals surface area (Å²) < 4.78 is 0. The molecule has 1 unspecified atom stereocenters. The highest BCUT2D eigenvalue weighted by Gasteiger charge is 2.18. The Hall–Kier alpha value is -0.840. The van der Waals surface area contributed by atoms with Crippen LogP contribution in [-0.2, 0) is 0 Å². The maximum Gasteiger partial charge on any atom is 0.110 e. The molecular formula is C16H20N2S2. The molecular weight excluding hydrogens is 284 g/mol. The molecule has 106 valence electrons. The summed E-state index contributed by atoms with van der Waals surface area (Å²) in [6, 6.07) is 11.4. The van der Waals surface area contributed by atoms with Crippen molar-refractivity contribution < 1.29 is 0 Å².